The lowest BCUT2D eigenvalue weighted by Crippen LogP contribution is -2.33. The van der Waals surface area contributed by atoms with Crippen LogP contribution in [0.3, 0.4) is 0 Å². The van der Waals surface area contributed by atoms with Gasteiger partial charge in [-0.2, -0.15) is 0 Å². The van der Waals surface area contributed by atoms with E-state index in [2.05, 4.69) is 5.32 Å². The Labute approximate surface area is 98.0 Å². The number of carboxylic acid groups (broad SMARTS) is 2. The number of carbonyl (C=O) groups excluding carboxylic acids is 1. The zero-order chi connectivity index (χ0) is 13.0. The Kier molecular flexibility index (Phi) is 4.59. The van der Waals surface area contributed by atoms with Crippen LogP contribution in [0.15, 0.2) is 0 Å². The SMILES string of the molecule is N[C@@H](CC(=O)C[C@H]1CN[C@H](C(=O)O)C1)C(=O)O. The van der Waals surface area contributed by atoms with Gasteiger partial charge in [-0.3, -0.25) is 14.4 Å². The lowest BCUT2D eigenvalue weighted by atomic mass is 9.96. The van der Waals surface area contributed by atoms with Gasteiger partial charge in [0.15, 0.2) is 0 Å². The maximum absolute atomic E-state index is 11.5. The van der Waals surface area contributed by atoms with E-state index in [4.69, 9.17) is 15.9 Å². The third-order valence-corrected chi connectivity index (χ3v) is 2.80. The number of ketones is 1. The third kappa shape index (κ3) is 4.12. The summed E-state index contributed by atoms with van der Waals surface area (Å²) >= 11 is 0. The molecule has 0 amide bonds. The molecule has 1 fully saturated rings. The van der Waals surface area contributed by atoms with Crippen molar-refractivity contribution in [2.75, 3.05) is 6.54 Å². The van der Waals surface area contributed by atoms with Crippen LogP contribution in [0, 0.1) is 5.92 Å². The van der Waals surface area contributed by atoms with E-state index in [9.17, 15) is 14.4 Å². The fraction of sp³-hybridized carbons (Fsp3) is 0.700. The lowest BCUT2D eigenvalue weighted by Gasteiger charge is -2.09. The number of hydrogen-bond acceptors (Lipinski definition) is 5. The van der Waals surface area contributed by atoms with E-state index in [1.807, 2.05) is 0 Å². The van der Waals surface area contributed by atoms with Gasteiger partial charge in [-0.05, 0) is 18.9 Å². The number of hydrogen-bond donors (Lipinski definition) is 4. The molecular weight excluding hydrogens is 228 g/mol. The van der Waals surface area contributed by atoms with Crippen molar-refractivity contribution in [1.82, 2.24) is 5.32 Å². The maximum atomic E-state index is 11.5. The number of nitrogens with two attached hydrogens (primary N) is 1. The van der Waals surface area contributed by atoms with E-state index >= 15 is 0 Å². The molecule has 1 aliphatic rings. The maximum Gasteiger partial charge on any atom is 0.320 e. The van der Waals surface area contributed by atoms with Gasteiger partial charge in [0, 0.05) is 12.8 Å². The quantitative estimate of drug-likeness (QED) is 0.462. The second-order valence-corrected chi connectivity index (χ2v) is 4.29. The lowest BCUT2D eigenvalue weighted by molar-refractivity contribution is -0.140. The van der Waals surface area contributed by atoms with E-state index in [0.717, 1.165) is 0 Å². The van der Waals surface area contributed by atoms with E-state index in [1.54, 1.807) is 0 Å². The average molecular weight is 244 g/mol. The van der Waals surface area contributed by atoms with Crippen molar-refractivity contribution in [2.45, 2.75) is 31.3 Å². The first-order valence-electron chi connectivity index (χ1n) is 5.36. The van der Waals surface area contributed by atoms with Crippen molar-refractivity contribution in [2.24, 2.45) is 11.7 Å². The van der Waals surface area contributed by atoms with Crippen LogP contribution in [-0.2, 0) is 14.4 Å². The molecule has 17 heavy (non-hydrogen) atoms. The second kappa shape index (κ2) is 5.74. The molecule has 96 valence electrons. The van der Waals surface area contributed by atoms with Gasteiger partial charge >= 0.3 is 11.9 Å². The molecule has 0 bridgehead atoms. The van der Waals surface area contributed by atoms with E-state index in [0.29, 0.717) is 13.0 Å². The Hall–Kier alpha value is -1.47. The summed E-state index contributed by atoms with van der Waals surface area (Å²) < 4.78 is 0. The monoisotopic (exact) mass is 244 g/mol. The van der Waals surface area contributed by atoms with E-state index in [-0.39, 0.29) is 24.5 Å². The minimum atomic E-state index is -1.20. The topological polar surface area (TPSA) is 130 Å². The van der Waals surface area contributed by atoms with Gasteiger partial charge in [-0.15, -0.1) is 0 Å². The second-order valence-electron chi connectivity index (χ2n) is 4.29. The number of Topliss-reactive ketones (excluding diaryl/α,β-unsaturated/α-hetero) is 1. The molecule has 0 saturated carbocycles. The molecule has 0 aromatic rings. The molecule has 0 spiro atoms. The van der Waals surface area contributed by atoms with Crippen molar-refractivity contribution in [3.63, 3.8) is 0 Å². The summed E-state index contributed by atoms with van der Waals surface area (Å²) in [4.78, 5) is 32.6. The van der Waals surface area contributed by atoms with Crippen LogP contribution in [0.25, 0.3) is 0 Å². The number of nitrogens with one attached hydrogen (secondary N) is 1. The van der Waals surface area contributed by atoms with Crippen molar-refractivity contribution >= 4 is 17.7 Å². The molecule has 3 atom stereocenters. The summed E-state index contributed by atoms with van der Waals surface area (Å²) in [5.41, 5.74) is 5.24. The van der Waals surface area contributed by atoms with Crippen molar-refractivity contribution < 1.29 is 24.6 Å². The molecule has 1 aliphatic heterocycles. The van der Waals surface area contributed by atoms with Gasteiger partial charge in [-0.1, -0.05) is 0 Å². The van der Waals surface area contributed by atoms with Crippen molar-refractivity contribution in [1.29, 1.82) is 0 Å². The minimum Gasteiger partial charge on any atom is -0.480 e. The van der Waals surface area contributed by atoms with E-state index < -0.39 is 24.0 Å². The largest absolute Gasteiger partial charge is 0.480 e. The zero-order valence-corrected chi connectivity index (χ0v) is 9.26. The van der Waals surface area contributed by atoms with Crippen LogP contribution in [0.2, 0.25) is 0 Å². The summed E-state index contributed by atoms with van der Waals surface area (Å²) in [5, 5.41) is 20.1. The number of aliphatic carboxylic acids is 2. The molecule has 0 aliphatic carbocycles. The average Bonchev–Trinajstić information content (AvgIpc) is 2.65. The zero-order valence-electron chi connectivity index (χ0n) is 9.26. The van der Waals surface area contributed by atoms with Crippen LogP contribution < -0.4 is 11.1 Å². The number of rotatable bonds is 6. The van der Waals surface area contributed by atoms with Crippen LogP contribution in [0.4, 0.5) is 0 Å². The highest BCUT2D eigenvalue weighted by atomic mass is 16.4. The fourth-order valence-corrected chi connectivity index (χ4v) is 1.89. The molecule has 0 unspecified atom stereocenters. The summed E-state index contributed by atoms with van der Waals surface area (Å²) in [6.07, 6.45) is 0.366. The van der Waals surface area contributed by atoms with Crippen molar-refractivity contribution in [3.05, 3.63) is 0 Å². The standard InChI is InChI=1S/C10H16N2O5/c11-7(9(14)15)3-6(13)1-5-2-8(10(16)17)12-4-5/h5,7-8,12H,1-4,11H2,(H,14,15)(H,16,17)/t5-,7+,8+/m1/s1. The molecular formula is C10H16N2O5. The van der Waals surface area contributed by atoms with Gasteiger partial charge in [0.05, 0.1) is 0 Å². The smallest absolute Gasteiger partial charge is 0.320 e. The Bertz CT molecular complexity index is 331. The molecule has 7 nitrogen and oxygen atoms in total. The molecule has 1 rings (SSSR count). The summed E-state index contributed by atoms with van der Waals surface area (Å²) in [6, 6.07) is -1.78. The Morgan fingerprint density at radius 1 is 1.35 bits per heavy atom. The van der Waals surface area contributed by atoms with Gasteiger partial charge in [0.25, 0.3) is 0 Å². The molecule has 1 saturated heterocycles. The first-order chi connectivity index (χ1) is 7.90. The molecule has 7 heteroatoms. The molecule has 1 heterocycles. The van der Waals surface area contributed by atoms with Crippen LogP contribution in [0.5, 0.6) is 0 Å². The van der Waals surface area contributed by atoms with Crippen LogP contribution in [0.1, 0.15) is 19.3 Å². The summed E-state index contributed by atoms with van der Waals surface area (Å²) in [5.74, 6) is -2.42. The highest BCUT2D eigenvalue weighted by Crippen LogP contribution is 2.18. The van der Waals surface area contributed by atoms with Gasteiger partial charge in [0.1, 0.15) is 17.9 Å². The Morgan fingerprint density at radius 2 is 2.00 bits per heavy atom. The molecule has 0 aromatic heterocycles. The normalized spacial score (nSPS) is 25.5. The first kappa shape index (κ1) is 13.6. The summed E-state index contributed by atoms with van der Waals surface area (Å²) in [7, 11) is 0. The van der Waals surface area contributed by atoms with Crippen molar-refractivity contribution in [3.8, 4) is 0 Å². The fourth-order valence-electron chi connectivity index (χ4n) is 1.89. The van der Waals surface area contributed by atoms with Gasteiger partial charge < -0.3 is 21.3 Å². The first-order valence-corrected chi connectivity index (χ1v) is 5.36. The highest BCUT2D eigenvalue weighted by Gasteiger charge is 2.30. The van der Waals surface area contributed by atoms with E-state index in [1.165, 1.54) is 0 Å². The highest BCUT2D eigenvalue weighted by molar-refractivity contribution is 5.85. The predicted molar refractivity (Wildman–Crippen MR) is 57.4 cm³/mol. The molecule has 0 radical (unpaired) electrons. The predicted octanol–water partition coefficient (Wildman–Crippen LogP) is -1.19. The number of carbonyl (C=O) groups is 3. The molecule has 0 aromatic carbocycles. The Balaban J connectivity index is 2.33. The third-order valence-electron chi connectivity index (χ3n) is 2.80. The van der Waals surface area contributed by atoms with Gasteiger partial charge in [0.2, 0.25) is 0 Å². The minimum absolute atomic E-state index is 0.0513. The Morgan fingerprint density at radius 3 is 2.47 bits per heavy atom. The molecule has 5 N–H and O–H groups in total. The van der Waals surface area contributed by atoms with Crippen LogP contribution >= 0.6 is 0 Å². The van der Waals surface area contributed by atoms with Gasteiger partial charge in [-0.25, -0.2) is 0 Å². The number of carboxylic acids is 2. The summed E-state index contributed by atoms with van der Waals surface area (Å²) in [6.45, 7) is 0.463. The van der Waals surface area contributed by atoms with Crippen LogP contribution in [-0.4, -0.2) is 46.6 Å².